The van der Waals surface area contributed by atoms with E-state index in [0.717, 1.165) is 12.1 Å². The molecule has 0 heterocycles. The molecule has 0 aromatic heterocycles. The molecule has 0 saturated carbocycles. The van der Waals surface area contributed by atoms with Crippen LogP contribution in [0, 0.1) is 5.82 Å². The molecule has 0 aliphatic carbocycles. The van der Waals surface area contributed by atoms with Gasteiger partial charge < -0.3 is 5.11 Å². The van der Waals surface area contributed by atoms with E-state index in [-0.39, 0.29) is 4.47 Å². The van der Waals surface area contributed by atoms with Crippen LogP contribution >= 0.6 is 15.9 Å². The fourth-order valence-corrected chi connectivity index (χ4v) is 3.45. The van der Waals surface area contributed by atoms with Crippen LogP contribution in [0.4, 0.5) is 4.39 Å². The number of sulfone groups is 1. The molecule has 0 fully saturated rings. The molecule has 0 unspecified atom stereocenters. The van der Waals surface area contributed by atoms with E-state index >= 15 is 0 Å². The predicted octanol–water partition coefficient (Wildman–Crippen LogP) is 2.64. The summed E-state index contributed by atoms with van der Waals surface area (Å²) in [5.41, 5.74) is -0.351. The molecule has 1 aromatic carbocycles. The minimum atomic E-state index is -3.94. The van der Waals surface area contributed by atoms with Crippen LogP contribution in [0.25, 0.3) is 0 Å². The van der Waals surface area contributed by atoms with E-state index in [2.05, 4.69) is 22.5 Å². The number of aromatic carboxylic acids is 1. The maximum absolute atomic E-state index is 13.8. The summed E-state index contributed by atoms with van der Waals surface area (Å²) < 4.78 is 37.8. The van der Waals surface area contributed by atoms with Gasteiger partial charge in [0.15, 0.2) is 15.7 Å². The number of carboxylic acid groups (broad SMARTS) is 1. The van der Waals surface area contributed by atoms with E-state index in [1.54, 1.807) is 0 Å². The van der Waals surface area contributed by atoms with E-state index in [1.807, 2.05) is 0 Å². The maximum atomic E-state index is 13.8. The second kappa shape index (κ2) is 5.19. The van der Waals surface area contributed by atoms with E-state index in [0.29, 0.717) is 5.57 Å². The van der Waals surface area contributed by atoms with Gasteiger partial charge in [-0.05, 0) is 19.1 Å². The predicted molar refractivity (Wildman–Crippen MR) is 67.9 cm³/mol. The molecule has 0 aliphatic rings. The number of rotatable bonds is 4. The molecule has 0 aliphatic heterocycles. The summed E-state index contributed by atoms with van der Waals surface area (Å²) in [6.45, 7) is 4.94. The monoisotopic (exact) mass is 336 g/mol. The Morgan fingerprint density at radius 3 is 2.50 bits per heavy atom. The first-order valence-corrected chi connectivity index (χ1v) is 7.19. The van der Waals surface area contributed by atoms with Gasteiger partial charge in [-0.3, -0.25) is 0 Å². The van der Waals surface area contributed by atoms with Gasteiger partial charge in [-0.2, -0.15) is 0 Å². The Morgan fingerprint density at radius 1 is 1.50 bits per heavy atom. The van der Waals surface area contributed by atoms with Crippen LogP contribution < -0.4 is 0 Å². The van der Waals surface area contributed by atoms with Crippen LogP contribution in [0.5, 0.6) is 0 Å². The molecule has 1 rings (SSSR count). The van der Waals surface area contributed by atoms with Crippen molar-refractivity contribution in [3.8, 4) is 0 Å². The van der Waals surface area contributed by atoms with Crippen LogP contribution in [0.3, 0.4) is 0 Å². The van der Waals surface area contributed by atoms with Crippen molar-refractivity contribution in [2.75, 3.05) is 5.75 Å². The van der Waals surface area contributed by atoms with Crippen LogP contribution in [-0.4, -0.2) is 25.2 Å². The summed E-state index contributed by atoms with van der Waals surface area (Å²) in [4.78, 5) is 10.2. The van der Waals surface area contributed by atoms with Crippen molar-refractivity contribution in [2.45, 2.75) is 11.8 Å². The summed E-state index contributed by atoms with van der Waals surface area (Å²) in [6, 6.07) is 2.05. The molecule has 4 nitrogen and oxygen atoms in total. The maximum Gasteiger partial charge on any atom is 0.338 e. The van der Waals surface area contributed by atoms with Crippen molar-refractivity contribution in [1.82, 2.24) is 0 Å². The number of hydrogen-bond donors (Lipinski definition) is 1. The Bertz CT molecular complexity index is 622. The summed E-state index contributed by atoms with van der Waals surface area (Å²) in [6.07, 6.45) is 0. The van der Waals surface area contributed by atoms with E-state index in [4.69, 9.17) is 5.11 Å². The highest BCUT2D eigenvalue weighted by atomic mass is 79.9. The molecule has 1 N–H and O–H groups in total. The normalized spacial score (nSPS) is 11.3. The Labute approximate surface area is 112 Å². The van der Waals surface area contributed by atoms with Crippen molar-refractivity contribution < 1.29 is 22.7 Å². The number of halogens is 2. The van der Waals surface area contributed by atoms with Gasteiger partial charge in [0.25, 0.3) is 0 Å². The Balaban J connectivity index is 3.51. The second-order valence-corrected chi connectivity index (χ2v) is 6.66. The second-order valence-electron chi connectivity index (χ2n) is 3.79. The lowest BCUT2D eigenvalue weighted by atomic mass is 10.2. The zero-order valence-corrected chi connectivity index (χ0v) is 11.8. The van der Waals surface area contributed by atoms with Crippen molar-refractivity contribution in [3.05, 3.63) is 40.1 Å². The molecule has 18 heavy (non-hydrogen) atoms. The zero-order chi connectivity index (χ0) is 14.1. The number of hydrogen-bond acceptors (Lipinski definition) is 3. The largest absolute Gasteiger partial charge is 0.478 e. The minimum Gasteiger partial charge on any atom is -0.478 e. The van der Waals surface area contributed by atoms with E-state index in [9.17, 15) is 17.6 Å². The van der Waals surface area contributed by atoms with Gasteiger partial charge in [0.05, 0.1) is 11.3 Å². The molecule has 0 atom stereocenters. The van der Waals surface area contributed by atoms with Crippen molar-refractivity contribution in [1.29, 1.82) is 0 Å². The first kappa shape index (κ1) is 14.8. The molecule has 1 aromatic rings. The third kappa shape index (κ3) is 3.17. The van der Waals surface area contributed by atoms with Crippen LogP contribution in [0.2, 0.25) is 0 Å². The SMILES string of the molecule is C=C(C)CS(=O)(=O)c1cc(Br)cc(C(=O)O)c1F. The third-order valence-corrected chi connectivity index (χ3v) is 4.30. The highest BCUT2D eigenvalue weighted by Gasteiger charge is 2.24. The Morgan fingerprint density at radius 2 is 2.06 bits per heavy atom. The van der Waals surface area contributed by atoms with Gasteiger partial charge in [-0.1, -0.05) is 28.1 Å². The molecule has 7 heteroatoms. The number of carboxylic acids is 1. The smallest absolute Gasteiger partial charge is 0.338 e. The molecule has 0 spiro atoms. The number of carbonyl (C=O) groups is 1. The Hall–Kier alpha value is -1.21. The van der Waals surface area contributed by atoms with Crippen molar-refractivity contribution in [2.24, 2.45) is 0 Å². The van der Waals surface area contributed by atoms with Gasteiger partial charge in [-0.15, -0.1) is 0 Å². The first-order chi connectivity index (χ1) is 8.15. The first-order valence-electron chi connectivity index (χ1n) is 4.74. The molecular formula is C11H10BrFO4S. The summed E-state index contributed by atoms with van der Waals surface area (Å²) in [7, 11) is -3.94. The standard InChI is InChI=1S/C11H10BrFO4S/c1-6(2)5-18(16,17)9-4-7(12)3-8(10(9)13)11(14)15/h3-4H,1,5H2,2H3,(H,14,15). The lowest BCUT2D eigenvalue weighted by Gasteiger charge is -2.08. The molecule has 0 radical (unpaired) electrons. The fraction of sp³-hybridized carbons (Fsp3) is 0.182. The highest BCUT2D eigenvalue weighted by molar-refractivity contribution is 9.10. The van der Waals surface area contributed by atoms with Gasteiger partial charge in [0, 0.05) is 4.47 Å². The van der Waals surface area contributed by atoms with Gasteiger partial charge in [0.1, 0.15) is 4.90 Å². The molecule has 0 bridgehead atoms. The third-order valence-electron chi connectivity index (χ3n) is 2.01. The van der Waals surface area contributed by atoms with E-state index in [1.165, 1.54) is 6.92 Å². The van der Waals surface area contributed by atoms with Gasteiger partial charge >= 0.3 is 5.97 Å². The quantitative estimate of drug-likeness (QED) is 0.858. The molecule has 0 saturated heterocycles. The minimum absolute atomic E-state index is 0.182. The summed E-state index contributed by atoms with van der Waals surface area (Å²) >= 11 is 2.96. The lowest BCUT2D eigenvalue weighted by molar-refractivity contribution is 0.0691. The van der Waals surface area contributed by atoms with Crippen LogP contribution in [0.15, 0.2) is 33.7 Å². The van der Waals surface area contributed by atoms with Gasteiger partial charge in [0.2, 0.25) is 0 Å². The van der Waals surface area contributed by atoms with Gasteiger partial charge in [-0.25, -0.2) is 17.6 Å². The molecular weight excluding hydrogens is 327 g/mol. The Kier molecular flexibility index (Phi) is 4.28. The lowest BCUT2D eigenvalue weighted by Crippen LogP contribution is -2.12. The average Bonchev–Trinajstić information content (AvgIpc) is 2.18. The molecule has 98 valence electrons. The summed E-state index contributed by atoms with van der Waals surface area (Å²) in [5, 5.41) is 8.79. The topological polar surface area (TPSA) is 71.4 Å². The van der Waals surface area contributed by atoms with Crippen LogP contribution in [-0.2, 0) is 9.84 Å². The molecule has 0 amide bonds. The zero-order valence-electron chi connectivity index (χ0n) is 9.41. The van der Waals surface area contributed by atoms with Crippen molar-refractivity contribution in [3.63, 3.8) is 0 Å². The summed E-state index contributed by atoms with van der Waals surface area (Å²) in [5.74, 6) is -3.22. The highest BCUT2D eigenvalue weighted by Crippen LogP contribution is 2.25. The average molecular weight is 337 g/mol. The fourth-order valence-electron chi connectivity index (χ4n) is 1.35. The van der Waals surface area contributed by atoms with Crippen molar-refractivity contribution >= 4 is 31.7 Å². The van der Waals surface area contributed by atoms with E-state index < -0.39 is 37.8 Å². The van der Waals surface area contributed by atoms with Crippen LogP contribution in [0.1, 0.15) is 17.3 Å². The number of benzene rings is 1.